The first kappa shape index (κ1) is 32.0. The Morgan fingerprint density at radius 1 is 1.00 bits per heavy atom. The molecule has 0 N–H and O–H groups in total. The number of nitriles is 1. The van der Waals surface area contributed by atoms with Crippen LogP contribution in [0, 0.1) is 32.1 Å². The second kappa shape index (κ2) is 12.5. The van der Waals surface area contributed by atoms with E-state index in [0.717, 1.165) is 33.6 Å². The Labute approximate surface area is 281 Å². The van der Waals surface area contributed by atoms with Crippen LogP contribution in [0.3, 0.4) is 0 Å². The van der Waals surface area contributed by atoms with Crippen molar-refractivity contribution in [3.63, 3.8) is 0 Å². The number of fused-ring (bicyclic) bond motifs is 9. The van der Waals surface area contributed by atoms with E-state index in [9.17, 15) is 14.9 Å². The van der Waals surface area contributed by atoms with Gasteiger partial charge in [-0.1, -0.05) is 36.4 Å². The summed E-state index contributed by atoms with van der Waals surface area (Å²) in [4.78, 5) is 30.4. The molecular weight excluding hydrogens is 610 g/mol. The van der Waals surface area contributed by atoms with Crippen LogP contribution in [0.5, 0.6) is 23.0 Å². The minimum atomic E-state index is -0.553. The van der Waals surface area contributed by atoms with E-state index in [2.05, 4.69) is 42.8 Å². The molecule has 10 heteroatoms. The molecule has 0 saturated carbocycles. The summed E-state index contributed by atoms with van der Waals surface area (Å²) in [5.74, 6) is 1.59. The van der Waals surface area contributed by atoms with Gasteiger partial charge in [-0.3, -0.25) is 19.4 Å². The van der Waals surface area contributed by atoms with Gasteiger partial charge in [0.25, 0.3) is 0 Å². The number of piperazine rings is 1. The van der Waals surface area contributed by atoms with Crippen molar-refractivity contribution in [2.24, 2.45) is 0 Å². The van der Waals surface area contributed by atoms with Crippen molar-refractivity contribution in [3.05, 3.63) is 80.9 Å². The lowest BCUT2D eigenvalue weighted by Gasteiger charge is -2.60. The summed E-state index contributed by atoms with van der Waals surface area (Å²) in [6, 6.07) is 13.2. The van der Waals surface area contributed by atoms with E-state index in [1.165, 1.54) is 18.1 Å². The van der Waals surface area contributed by atoms with Crippen molar-refractivity contribution in [2.75, 3.05) is 27.6 Å². The van der Waals surface area contributed by atoms with Gasteiger partial charge in [-0.05, 0) is 74.9 Å². The van der Waals surface area contributed by atoms with Gasteiger partial charge in [0.2, 0.25) is 6.79 Å². The number of hydrogen-bond acceptors (Lipinski definition) is 10. The fraction of sp³-hybridized carbons (Fsp3) is 0.447. The average molecular weight is 652 g/mol. The average Bonchev–Trinajstić information content (AvgIpc) is 3.56. The highest BCUT2D eigenvalue weighted by atomic mass is 16.7. The summed E-state index contributed by atoms with van der Waals surface area (Å²) in [6.45, 7) is 7.43. The van der Waals surface area contributed by atoms with Gasteiger partial charge in [-0.25, -0.2) is 0 Å². The van der Waals surface area contributed by atoms with Crippen molar-refractivity contribution in [1.29, 1.82) is 5.26 Å². The maximum absolute atomic E-state index is 13.3. The van der Waals surface area contributed by atoms with Crippen LogP contribution < -0.4 is 18.9 Å². The highest BCUT2D eigenvalue weighted by molar-refractivity contribution is 5.74. The number of ether oxygens (including phenoxy) is 5. The normalized spacial score (nSPS) is 23.7. The van der Waals surface area contributed by atoms with E-state index >= 15 is 0 Å². The molecule has 4 heterocycles. The molecule has 3 aromatic carbocycles. The summed E-state index contributed by atoms with van der Waals surface area (Å²) in [5.41, 5.74) is 7.85. The maximum Gasteiger partial charge on any atom is 0.308 e. The second-order valence-corrected chi connectivity index (χ2v) is 13.3. The van der Waals surface area contributed by atoms with Gasteiger partial charge in [-0.15, -0.1) is 0 Å². The molecule has 4 aliphatic rings. The van der Waals surface area contributed by atoms with Crippen LogP contribution in [0.4, 0.5) is 0 Å². The Kier molecular flexibility index (Phi) is 8.30. The topological polar surface area (TPSA) is 111 Å². The molecule has 0 aromatic heterocycles. The number of nitrogens with zero attached hydrogens (tertiary/aromatic N) is 3. The number of carbonyl (C=O) groups is 2. The van der Waals surface area contributed by atoms with Crippen molar-refractivity contribution >= 4 is 11.9 Å². The Bertz CT molecular complexity index is 1830. The summed E-state index contributed by atoms with van der Waals surface area (Å²) in [7, 11) is 3.80. The van der Waals surface area contributed by atoms with Gasteiger partial charge in [-0.2, -0.15) is 5.26 Å². The molecule has 7 rings (SSSR count). The molecule has 48 heavy (non-hydrogen) atoms. The highest BCUT2D eigenvalue weighted by Gasteiger charge is 2.56. The van der Waals surface area contributed by atoms with Gasteiger partial charge in [0.05, 0.1) is 25.3 Å². The van der Waals surface area contributed by atoms with Gasteiger partial charge in [0.1, 0.15) is 24.1 Å². The van der Waals surface area contributed by atoms with E-state index in [1.807, 2.05) is 37.3 Å². The number of aryl methyl sites for hydroxylation is 2. The van der Waals surface area contributed by atoms with E-state index in [1.54, 1.807) is 7.11 Å². The third kappa shape index (κ3) is 5.08. The first-order chi connectivity index (χ1) is 23.1. The summed E-state index contributed by atoms with van der Waals surface area (Å²) < 4.78 is 30.0. The largest absolute Gasteiger partial charge is 0.496 e. The van der Waals surface area contributed by atoms with Crippen LogP contribution in [0.25, 0.3) is 0 Å². The van der Waals surface area contributed by atoms with Gasteiger partial charge in [0.15, 0.2) is 11.5 Å². The predicted molar refractivity (Wildman–Crippen MR) is 176 cm³/mol. The lowest BCUT2D eigenvalue weighted by Crippen LogP contribution is -2.68. The quantitative estimate of drug-likeness (QED) is 0.249. The molecule has 4 aliphatic heterocycles. The summed E-state index contributed by atoms with van der Waals surface area (Å²) in [6.07, 6.45) is 1.94. The van der Waals surface area contributed by atoms with E-state index in [0.29, 0.717) is 42.1 Å². The number of hydrogen-bond donors (Lipinski definition) is 0. The zero-order chi connectivity index (χ0) is 33.9. The third-order valence-electron chi connectivity index (χ3n) is 10.6. The summed E-state index contributed by atoms with van der Waals surface area (Å²) >= 11 is 0. The zero-order valence-electron chi connectivity index (χ0n) is 28.3. The fourth-order valence-electron chi connectivity index (χ4n) is 8.74. The number of methoxy groups -OCH3 is 1. The van der Waals surface area contributed by atoms with Crippen molar-refractivity contribution in [2.45, 2.75) is 83.6 Å². The molecule has 1 unspecified atom stereocenters. The van der Waals surface area contributed by atoms with E-state index in [-0.39, 0.29) is 43.9 Å². The van der Waals surface area contributed by atoms with Crippen LogP contribution in [0.2, 0.25) is 0 Å². The molecule has 5 atom stereocenters. The first-order valence-corrected chi connectivity index (χ1v) is 16.5. The van der Waals surface area contributed by atoms with E-state index in [4.69, 9.17) is 23.7 Å². The third-order valence-corrected chi connectivity index (χ3v) is 10.6. The predicted octanol–water partition coefficient (Wildman–Crippen LogP) is 5.22. The molecule has 0 amide bonds. The highest BCUT2D eigenvalue weighted by Crippen LogP contribution is 2.57. The minimum Gasteiger partial charge on any atom is -0.496 e. The fourth-order valence-corrected chi connectivity index (χ4v) is 8.74. The molecular formula is C38H41N3O7. The zero-order valence-corrected chi connectivity index (χ0v) is 28.3. The Morgan fingerprint density at radius 3 is 2.46 bits per heavy atom. The molecule has 0 aliphatic carbocycles. The van der Waals surface area contributed by atoms with Gasteiger partial charge < -0.3 is 23.7 Å². The minimum absolute atomic E-state index is 0.000111. The van der Waals surface area contributed by atoms with Crippen molar-refractivity contribution in [1.82, 2.24) is 9.80 Å². The first-order valence-electron chi connectivity index (χ1n) is 16.5. The molecule has 0 radical (unpaired) electrons. The van der Waals surface area contributed by atoms with Crippen molar-refractivity contribution < 1.29 is 33.3 Å². The molecule has 2 bridgehead atoms. The smallest absolute Gasteiger partial charge is 0.308 e. The number of rotatable bonds is 7. The molecule has 0 spiro atoms. The number of carbonyl (C=O) groups excluding carboxylic acids is 2. The second-order valence-electron chi connectivity index (χ2n) is 13.3. The molecule has 3 aromatic rings. The van der Waals surface area contributed by atoms with Gasteiger partial charge in [0, 0.05) is 42.1 Å². The van der Waals surface area contributed by atoms with Crippen molar-refractivity contribution in [3.8, 4) is 29.1 Å². The molecule has 250 valence electrons. The number of likely N-dealkylation sites (N-methyl/N-ethyl adjacent to an activating group) is 1. The van der Waals surface area contributed by atoms with Gasteiger partial charge >= 0.3 is 11.9 Å². The lowest BCUT2D eigenvalue weighted by molar-refractivity contribution is -0.149. The number of esters is 2. The Hall–Kier alpha value is -4.59. The standard InChI is InChI=1S/C38H41N3O7/c1-20-14-25-15-27-29(17-39)41-28(34(40(27)5)32(25)21(2)35(20)44-6)16-26-33(38-37(46-19-47-38)22(3)36(26)48-23(4)42)30(41)18-45-31(43)13-12-24-10-8-7-9-11-24/h7-11,14,27-30,34H,12-13,15-16,18-19H2,1-6H3/t27-,28?,29-,30-,34+/m0/s1. The number of benzene rings is 3. The monoisotopic (exact) mass is 651 g/mol. The molecule has 1 saturated heterocycles. The molecule has 1 fully saturated rings. The SMILES string of the molecule is COc1c(C)cc2c(c1C)[C@H]1C3Cc4c(OC(C)=O)c(C)c5c(c4[C@H](COC(=O)CCc4ccccc4)N3[C@@H](C#N)[C@H](C2)N1C)OCO5. The van der Waals surface area contributed by atoms with Crippen LogP contribution >= 0.6 is 0 Å². The molecule has 10 nitrogen and oxygen atoms in total. The van der Waals surface area contributed by atoms with Crippen LogP contribution in [-0.4, -0.2) is 67.4 Å². The Balaban J connectivity index is 1.37. The van der Waals surface area contributed by atoms with Crippen LogP contribution in [-0.2, 0) is 33.6 Å². The van der Waals surface area contributed by atoms with E-state index < -0.39 is 18.1 Å². The maximum atomic E-state index is 13.3. The summed E-state index contributed by atoms with van der Waals surface area (Å²) in [5, 5.41) is 10.9. The lowest BCUT2D eigenvalue weighted by atomic mass is 9.71. The Morgan fingerprint density at radius 2 is 1.75 bits per heavy atom. The van der Waals surface area contributed by atoms with Crippen LogP contribution in [0.1, 0.15) is 69.9 Å². The van der Waals surface area contributed by atoms with Crippen LogP contribution in [0.15, 0.2) is 36.4 Å².